The summed E-state index contributed by atoms with van der Waals surface area (Å²) < 4.78 is 30.6. The summed E-state index contributed by atoms with van der Waals surface area (Å²) in [7, 11) is 0. The van der Waals surface area contributed by atoms with Crippen LogP contribution in [-0.4, -0.2) is 5.78 Å². The summed E-state index contributed by atoms with van der Waals surface area (Å²) in [6.07, 6.45) is 3.58. The van der Waals surface area contributed by atoms with E-state index >= 15 is 4.39 Å². The van der Waals surface area contributed by atoms with Gasteiger partial charge in [0.1, 0.15) is 11.6 Å². The summed E-state index contributed by atoms with van der Waals surface area (Å²) in [6, 6.07) is 14.4. The number of hydrogen-bond donors (Lipinski definition) is 0. The molecule has 0 N–H and O–H groups in total. The molecule has 0 amide bonds. The Kier molecular flexibility index (Phi) is 7.98. The smallest absolute Gasteiger partial charge is 0.159 e. The van der Waals surface area contributed by atoms with Crippen molar-refractivity contribution in [1.82, 2.24) is 0 Å². The second-order valence-electron chi connectivity index (χ2n) is 8.60. The lowest BCUT2D eigenvalue weighted by Gasteiger charge is -2.16. The van der Waals surface area contributed by atoms with Crippen molar-refractivity contribution >= 4 is 5.78 Å². The van der Waals surface area contributed by atoms with Crippen LogP contribution in [0.4, 0.5) is 8.78 Å². The number of carbonyl (C=O) groups excluding carboxylic acids is 1. The Morgan fingerprint density at radius 1 is 0.941 bits per heavy atom. The molecule has 1 nitrogen and oxygen atoms in total. The van der Waals surface area contributed by atoms with E-state index in [-0.39, 0.29) is 17.4 Å². The molecule has 0 aromatic heterocycles. The topological polar surface area (TPSA) is 17.1 Å². The lowest BCUT2D eigenvalue weighted by atomic mass is 9.89. The fourth-order valence-corrected chi connectivity index (χ4v) is 4.67. The van der Waals surface area contributed by atoms with E-state index in [0.717, 1.165) is 27.8 Å². The molecule has 3 heteroatoms. The third-order valence-corrected chi connectivity index (χ3v) is 6.52. The van der Waals surface area contributed by atoms with E-state index in [9.17, 15) is 9.18 Å². The van der Waals surface area contributed by atoms with Gasteiger partial charge >= 0.3 is 0 Å². The van der Waals surface area contributed by atoms with Crippen molar-refractivity contribution in [2.24, 2.45) is 0 Å². The van der Waals surface area contributed by atoms with Crippen molar-refractivity contribution in [1.29, 1.82) is 0 Å². The number of benzene rings is 3. The average Bonchev–Trinajstić information content (AvgIpc) is 2.80. The summed E-state index contributed by atoms with van der Waals surface area (Å²) in [5.41, 5.74) is 7.05. The summed E-state index contributed by atoms with van der Waals surface area (Å²) >= 11 is 0. The molecule has 0 saturated carbocycles. The predicted octanol–water partition coefficient (Wildman–Crippen LogP) is 8.37. The summed E-state index contributed by atoms with van der Waals surface area (Å²) in [5.74, 6) is -0.679. The average molecular weight is 459 g/mol. The zero-order chi connectivity index (χ0) is 25.0. The molecule has 0 spiro atoms. The Labute approximate surface area is 201 Å². The minimum absolute atomic E-state index is 0.0205. The fraction of sp³-hybridized carbons (Fsp3) is 0.258. The van der Waals surface area contributed by atoms with Crippen molar-refractivity contribution in [2.75, 3.05) is 0 Å². The zero-order valence-electron chi connectivity index (χ0n) is 20.7. The number of rotatable bonds is 8. The number of aryl methyl sites for hydroxylation is 1. The van der Waals surface area contributed by atoms with E-state index in [2.05, 4.69) is 6.58 Å². The van der Waals surface area contributed by atoms with Gasteiger partial charge in [-0.3, -0.25) is 4.79 Å². The highest BCUT2D eigenvalue weighted by molar-refractivity contribution is 5.97. The van der Waals surface area contributed by atoms with Crippen LogP contribution in [0, 0.1) is 18.6 Å². The van der Waals surface area contributed by atoms with Crippen LogP contribution in [-0.2, 0) is 24.1 Å². The van der Waals surface area contributed by atoms with Crippen molar-refractivity contribution in [3.63, 3.8) is 0 Å². The summed E-state index contributed by atoms with van der Waals surface area (Å²) in [5, 5.41) is 0. The molecule has 0 aliphatic rings. The van der Waals surface area contributed by atoms with Crippen LogP contribution < -0.4 is 0 Å². The molecule has 0 atom stereocenters. The van der Waals surface area contributed by atoms with Gasteiger partial charge in [0.05, 0.1) is 0 Å². The maximum atomic E-state index is 15.9. The Bertz CT molecular complexity index is 1280. The van der Waals surface area contributed by atoms with Gasteiger partial charge in [-0.15, -0.1) is 0 Å². The normalized spacial score (nSPS) is 11.6. The van der Waals surface area contributed by atoms with Gasteiger partial charge in [0.25, 0.3) is 0 Å². The first-order valence-electron chi connectivity index (χ1n) is 11.8. The molecule has 3 rings (SSSR count). The molecule has 0 aliphatic carbocycles. The lowest BCUT2D eigenvalue weighted by molar-refractivity contribution is -0.113. The van der Waals surface area contributed by atoms with Gasteiger partial charge in [0.15, 0.2) is 5.78 Å². The Morgan fingerprint density at radius 3 is 2.21 bits per heavy atom. The Morgan fingerprint density at radius 2 is 1.59 bits per heavy atom. The van der Waals surface area contributed by atoms with Gasteiger partial charge < -0.3 is 0 Å². The molecule has 34 heavy (non-hydrogen) atoms. The van der Waals surface area contributed by atoms with Crippen LogP contribution in [0.15, 0.2) is 72.3 Å². The van der Waals surface area contributed by atoms with E-state index in [1.807, 2.05) is 58.0 Å². The third-order valence-electron chi connectivity index (χ3n) is 6.52. The van der Waals surface area contributed by atoms with E-state index in [1.165, 1.54) is 13.0 Å². The maximum absolute atomic E-state index is 15.9. The highest BCUT2D eigenvalue weighted by atomic mass is 19.1. The minimum Gasteiger partial charge on any atom is -0.295 e. The van der Waals surface area contributed by atoms with Crippen LogP contribution in [0.1, 0.15) is 49.9 Å². The Balaban J connectivity index is 2.08. The van der Waals surface area contributed by atoms with Gasteiger partial charge in [0.2, 0.25) is 0 Å². The standard InChI is InChI=1S/C31H32F2O/c1-7-22-17-24(18-30(32)26(22)9-3)28-14-11-15-29(31(28)33)27-13-10-12-23(20(27)5)16-19(4)25(8-2)21(6)34/h8,10-15,17-18H,4,7,9,16H2,1-3,5-6H3/b25-8-. The molecular formula is C31H32F2O. The lowest BCUT2D eigenvalue weighted by Crippen LogP contribution is -2.04. The quantitative estimate of drug-likeness (QED) is 0.245. The molecule has 0 aliphatic heterocycles. The number of ketones is 1. The van der Waals surface area contributed by atoms with Crippen LogP contribution >= 0.6 is 0 Å². The second-order valence-corrected chi connectivity index (χ2v) is 8.60. The van der Waals surface area contributed by atoms with Gasteiger partial charge in [0, 0.05) is 16.7 Å². The molecule has 0 bridgehead atoms. The van der Waals surface area contributed by atoms with Gasteiger partial charge in [-0.25, -0.2) is 8.78 Å². The maximum Gasteiger partial charge on any atom is 0.159 e. The number of hydrogen-bond acceptors (Lipinski definition) is 1. The summed E-state index contributed by atoms with van der Waals surface area (Å²) in [4.78, 5) is 11.9. The van der Waals surface area contributed by atoms with Crippen molar-refractivity contribution < 1.29 is 13.6 Å². The van der Waals surface area contributed by atoms with E-state index in [4.69, 9.17) is 0 Å². The highest BCUT2D eigenvalue weighted by Crippen LogP contribution is 2.35. The van der Waals surface area contributed by atoms with Gasteiger partial charge in [-0.1, -0.05) is 69.0 Å². The van der Waals surface area contributed by atoms with E-state index in [0.29, 0.717) is 47.1 Å². The largest absolute Gasteiger partial charge is 0.295 e. The third kappa shape index (κ3) is 4.94. The van der Waals surface area contributed by atoms with Crippen molar-refractivity contribution in [3.8, 4) is 22.3 Å². The number of carbonyl (C=O) groups is 1. The first-order valence-corrected chi connectivity index (χ1v) is 11.8. The second kappa shape index (κ2) is 10.7. The molecule has 176 valence electrons. The molecule has 0 fully saturated rings. The number of Topliss-reactive ketones (excluding diaryl/α,β-unsaturated/α-hetero) is 1. The zero-order valence-corrected chi connectivity index (χ0v) is 20.7. The molecule has 3 aromatic carbocycles. The van der Waals surface area contributed by atoms with Crippen LogP contribution in [0.25, 0.3) is 22.3 Å². The van der Waals surface area contributed by atoms with Gasteiger partial charge in [-0.05, 0) is 85.1 Å². The molecular weight excluding hydrogens is 426 g/mol. The predicted molar refractivity (Wildman–Crippen MR) is 138 cm³/mol. The van der Waals surface area contributed by atoms with E-state index in [1.54, 1.807) is 18.2 Å². The Hall–Kier alpha value is -3.33. The monoisotopic (exact) mass is 458 g/mol. The first kappa shape index (κ1) is 25.3. The summed E-state index contributed by atoms with van der Waals surface area (Å²) in [6.45, 7) is 13.3. The van der Waals surface area contributed by atoms with E-state index < -0.39 is 0 Å². The van der Waals surface area contributed by atoms with Crippen LogP contribution in [0.5, 0.6) is 0 Å². The van der Waals surface area contributed by atoms with Gasteiger partial charge in [-0.2, -0.15) is 0 Å². The van der Waals surface area contributed by atoms with Crippen LogP contribution in [0.2, 0.25) is 0 Å². The molecule has 0 heterocycles. The van der Waals surface area contributed by atoms with Crippen molar-refractivity contribution in [3.05, 3.63) is 106 Å². The molecule has 3 aromatic rings. The molecule has 0 unspecified atom stereocenters. The molecule has 0 saturated heterocycles. The number of halogens is 2. The van der Waals surface area contributed by atoms with Crippen LogP contribution in [0.3, 0.4) is 0 Å². The minimum atomic E-state index is -0.370. The molecule has 0 radical (unpaired) electrons. The highest BCUT2D eigenvalue weighted by Gasteiger charge is 2.18. The number of allylic oxidation sites excluding steroid dienone is 3. The van der Waals surface area contributed by atoms with Crippen molar-refractivity contribution in [2.45, 2.75) is 53.9 Å². The SMILES string of the molecule is C=C(Cc1cccc(-c2cccc(-c3cc(F)c(CC)c(CC)c3)c2F)c1C)/C(=C/C)C(C)=O. The fourth-order valence-electron chi connectivity index (χ4n) is 4.67. The first-order chi connectivity index (χ1) is 16.2.